The molecule has 0 aliphatic heterocycles. The van der Waals surface area contributed by atoms with Gasteiger partial charge in [-0.2, -0.15) is 0 Å². The quantitative estimate of drug-likeness (QED) is 0.171. The molecule has 3 aromatic rings. The maximum Gasteiger partial charge on any atom is 0.330 e. The predicted octanol–water partition coefficient (Wildman–Crippen LogP) is 7.24. The van der Waals surface area contributed by atoms with Crippen LogP contribution in [0.4, 0.5) is 4.39 Å². The van der Waals surface area contributed by atoms with Gasteiger partial charge in [-0.1, -0.05) is 68.3 Å². The van der Waals surface area contributed by atoms with E-state index < -0.39 is 5.97 Å². The van der Waals surface area contributed by atoms with Crippen LogP contribution in [0.15, 0.2) is 73.3 Å². The Morgan fingerprint density at radius 1 is 0.946 bits per heavy atom. The zero-order chi connectivity index (χ0) is 26.0. The average molecular weight is 503 g/mol. The molecule has 0 saturated heterocycles. The minimum absolute atomic E-state index is 0.101. The van der Waals surface area contributed by atoms with Gasteiger partial charge < -0.3 is 14.6 Å². The summed E-state index contributed by atoms with van der Waals surface area (Å²) in [4.78, 5) is 11.3. The molecule has 0 unspecified atom stereocenters. The number of esters is 1. The molecule has 0 atom stereocenters. The minimum Gasteiger partial charge on any atom is -0.491 e. The van der Waals surface area contributed by atoms with Gasteiger partial charge in [-0.25, -0.2) is 9.18 Å². The third-order valence-electron chi connectivity index (χ3n) is 7.01. The van der Waals surface area contributed by atoms with Gasteiger partial charge in [-0.3, -0.25) is 0 Å². The van der Waals surface area contributed by atoms with Crippen LogP contribution in [0.25, 0.3) is 22.3 Å². The molecule has 1 saturated carbocycles. The fraction of sp³-hybridized carbons (Fsp3) is 0.344. The van der Waals surface area contributed by atoms with Crippen molar-refractivity contribution in [2.24, 2.45) is 0 Å². The number of carbonyl (C=O) groups excluding carboxylic acids is 1. The second-order valence-electron chi connectivity index (χ2n) is 9.52. The first-order valence-corrected chi connectivity index (χ1v) is 13.1. The lowest BCUT2D eigenvalue weighted by Crippen LogP contribution is -2.06. The van der Waals surface area contributed by atoms with E-state index in [1.165, 1.54) is 37.7 Å². The second-order valence-corrected chi connectivity index (χ2v) is 9.52. The molecule has 0 radical (unpaired) electrons. The summed E-state index contributed by atoms with van der Waals surface area (Å²) in [5.41, 5.74) is 5.36. The number of aliphatic hydroxyl groups is 1. The van der Waals surface area contributed by atoms with Crippen LogP contribution in [0, 0.1) is 5.82 Å². The lowest BCUT2D eigenvalue weighted by atomic mass is 9.83. The van der Waals surface area contributed by atoms with Crippen molar-refractivity contribution in [2.45, 2.75) is 50.9 Å². The van der Waals surface area contributed by atoms with E-state index in [9.17, 15) is 4.79 Å². The molecule has 1 fully saturated rings. The van der Waals surface area contributed by atoms with Gasteiger partial charge in [-0.05, 0) is 77.6 Å². The van der Waals surface area contributed by atoms with Gasteiger partial charge in [0.2, 0.25) is 0 Å². The van der Waals surface area contributed by atoms with E-state index in [1.807, 2.05) is 24.3 Å². The first kappa shape index (κ1) is 26.6. The van der Waals surface area contributed by atoms with E-state index in [1.54, 1.807) is 12.1 Å². The molecule has 1 N–H and O–H groups in total. The number of halogens is 1. The highest BCUT2D eigenvalue weighted by Crippen LogP contribution is 2.35. The van der Waals surface area contributed by atoms with E-state index in [-0.39, 0.29) is 25.6 Å². The molecule has 5 heteroatoms. The van der Waals surface area contributed by atoms with Crippen molar-refractivity contribution in [1.29, 1.82) is 0 Å². The maximum atomic E-state index is 15.3. The van der Waals surface area contributed by atoms with Crippen LogP contribution in [0.2, 0.25) is 0 Å². The van der Waals surface area contributed by atoms with Crippen LogP contribution in [0.1, 0.15) is 55.6 Å². The molecule has 0 amide bonds. The molecule has 194 valence electrons. The molecule has 4 rings (SSSR count). The Balaban J connectivity index is 1.51. The van der Waals surface area contributed by atoms with Crippen LogP contribution >= 0.6 is 0 Å². The fourth-order valence-corrected chi connectivity index (χ4v) is 5.05. The first-order chi connectivity index (χ1) is 18.1. The summed E-state index contributed by atoms with van der Waals surface area (Å²) in [6, 6.07) is 19.5. The maximum absolute atomic E-state index is 15.3. The Morgan fingerprint density at radius 3 is 2.38 bits per heavy atom. The third kappa shape index (κ3) is 7.07. The van der Waals surface area contributed by atoms with E-state index >= 15 is 4.39 Å². The number of carbonyl (C=O) groups is 1. The lowest BCUT2D eigenvalue weighted by molar-refractivity contribution is -0.137. The van der Waals surface area contributed by atoms with E-state index in [0.29, 0.717) is 30.1 Å². The Morgan fingerprint density at radius 2 is 1.68 bits per heavy atom. The average Bonchev–Trinajstić information content (AvgIpc) is 2.95. The Kier molecular flexibility index (Phi) is 9.50. The van der Waals surface area contributed by atoms with Gasteiger partial charge in [0.15, 0.2) is 0 Å². The van der Waals surface area contributed by atoms with Gasteiger partial charge >= 0.3 is 5.97 Å². The molecule has 3 aromatic carbocycles. The highest BCUT2D eigenvalue weighted by Gasteiger charge is 2.16. The van der Waals surface area contributed by atoms with Crippen molar-refractivity contribution in [3.05, 3.63) is 90.3 Å². The fourth-order valence-electron chi connectivity index (χ4n) is 5.05. The van der Waals surface area contributed by atoms with Gasteiger partial charge in [0.1, 0.15) is 18.2 Å². The van der Waals surface area contributed by atoms with Gasteiger partial charge in [0.25, 0.3) is 0 Å². The number of rotatable bonds is 11. The molecule has 0 aromatic heterocycles. The Hall–Kier alpha value is -3.44. The molecule has 37 heavy (non-hydrogen) atoms. The molecule has 1 aliphatic carbocycles. The largest absolute Gasteiger partial charge is 0.491 e. The zero-order valence-corrected chi connectivity index (χ0v) is 21.3. The van der Waals surface area contributed by atoms with Crippen molar-refractivity contribution in [2.75, 3.05) is 19.8 Å². The number of ether oxygens (including phenoxy) is 2. The van der Waals surface area contributed by atoms with Crippen molar-refractivity contribution in [3.63, 3.8) is 0 Å². The van der Waals surface area contributed by atoms with Crippen molar-refractivity contribution in [1.82, 2.24) is 0 Å². The second kappa shape index (κ2) is 13.2. The highest BCUT2D eigenvalue weighted by atomic mass is 19.1. The monoisotopic (exact) mass is 502 g/mol. The van der Waals surface area contributed by atoms with Crippen molar-refractivity contribution in [3.8, 4) is 28.0 Å². The Labute approximate surface area is 218 Å². The van der Waals surface area contributed by atoms with E-state index in [0.717, 1.165) is 28.3 Å². The summed E-state index contributed by atoms with van der Waals surface area (Å²) in [6.45, 7) is 3.71. The molecule has 4 nitrogen and oxygen atoms in total. The predicted molar refractivity (Wildman–Crippen MR) is 145 cm³/mol. The minimum atomic E-state index is -0.462. The number of aliphatic hydroxyl groups excluding tert-OH is 1. The van der Waals surface area contributed by atoms with Gasteiger partial charge in [0.05, 0.1) is 13.2 Å². The SMILES string of the molecule is C=CC(=O)OCCCc1cc(-c2ccc(-c3ccc(C4CCCCC4)cc3)cc2F)ccc1OCCO. The van der Waals surface area contributed by atoms with Crippen LogP contribution < -0.4 is 4.74 Å². The molecule has 0 bridgehead atoms. The van der Waals surface area contributed by atoms with Crippen molar-refractivity contribution >= 4 is 5.97 Å². The Bertz CT molecular complexity index is 1200. The molecule has 1 aliphatic rings. The van der Waals surface area contributed by atoms with Crippen LogP contribution in [0.5, 0.6) is 5.75 Å². The van der Waals surface area contributed by atoms with Crippen LogP contribution in [-0.4, -0.2) is 30.9 Å². The standard InChI is InChI=1S/C32H35FO4/c1-2-32(35)37-19-6-9-28-21-27(15-17-31(28)36-20-18-34)29-16-14-26(22-30(29)33)25-12-10-24(11-13-25)23-7-4-3-5-8-23/h2,10-17,21-23,34H,1,3-9,18-20H2. The molecule has 0 spiro atoms. The number of benzene rings is 3. The first-order valence-electron chi connectivity index (χ1n) is 13.1. The summed E-state index contributed by atoms with van der Waals surface area (Å²) in [6.07, 6.45) is 8.75. The summed E-state index contributed by atoms with van der Waals surface area (Å²) < 4.78 is 26.1. The van der Waals surface area contributed by atoms with Crippen LogP contribution in [-0.2, 0) is 16.0 Å². The number of hydrogen-bond donors (Lipinski definition) is 1. The highest BCUT2D eigenvalue weighted by molar-refractivity contribution is 5.81. The smallest absolute Gasteiger partial charge is 0.330 e. The molecular weight excluding hydrogens is 467 g/mol. The topological polar surface area (TPSA) is 55.8 Å². The normalized spacial score (nSPS) is 13.8. The number of hydrogen-bond acceptors (Lipinski definition) is 4. The number of aryl methyl sites for hydroxylation is 1. The van der Waals surface area contributed by atoms with Crippen molar-refractivity contribution < 1.29 is 23.8 Å². The van der Waals surface area contributed by atoms with E-state index in [4.69, 9.17) is 14.6 Å². The molecular formula is C32H35FO4. The third-order valence-corrected chi connectivity index (χ3v) is 7.01. The summed E-state index contributed by atoms with van der Waals surface area (Å²) >= 11 is 0. The van der Waals surface area contributed by atoms with Gasteiger partial charge in [0, 0.05) is 11.6 Å². The summed E-state index contributed by atoms with van der Waals surface area (Å²) in [5.74, 6) is 0.525. The van der Waals surface area contributed by atoms with Gasteiger partial charge in [-0.15, -0.1) is 0 Å². The van der Waals surface area contributed by atoms with Crippen LogP contribution in [0.3, 0.4) is 0 Å². The summed E-state index contributed by atoms with van der Waals surface area (Å²) in [5, 5.41) is 9.15. The lowest BCUT2D eigenvalue weighted by Gasteiger charge is -2.22. The summed E-state index contributed by atoms with van der Waals surface area (Å²) in [7, 11) is 0. The molecule has 0 heterocycles. The van der Waals surface area contributed by atoms with E-state index in [2.05, 4.69) is 30.8 Å². The zero-order valence-electron chi connectivity index (χ0n) is 21.3.